The molecule has 30 heavy (non-hydrogen) atoms. The Bertz CT molecular complexity index is 1360. The van der Waals surface area contributed by atoms with Crippen LogP contribution in [0, 0.1) is 0 Å². The maximum Gasteiger partial charge on any atom is 0.275 e. The van der Waals surface area contributed by atoms with Crippen molar-refractivity contribution in [2.75, 3.05) is 0 Å². The van der Waals surface area contributed by atoms with Gasteiger partial charge in [-0.25, -0.2) is 9.67 Å². The third kappa shape index (κ3) is 3.48. The van der Waals surface area contributed by atoms with Crippen molar-refractivity contribution < 1.29 is 0 Å². The fraction of sp³-hybridized carbons (Fsp3) is 0.0870. The zero-order valence-electron chi connectivity index (χ0n) is 16.1. The van der Waals surface area contributed by atoms with Gasteiger partial charge < -0.3 is 0 Å². The van der Waals surface area contributed by atoms with Crippen molar-refractivity contribution in [1.29, 1.82) is 0 Å². The number of fused-ring (bicyclic) bond motifs is 1. The molecular weight excluding hydrogens is 376 g/mol. The number of benzene rings is 2. The van der Waals surface area contributed by atoms with E-state index in [1.54, 1.807) is 12.4 Å². The summed E-state index contributed by atoms with van der Waals surface area (Å²) in [6.07, 6.45) is 4.04. The van der Waals surface area contributed by atoms with Crippen LogP contribution in [0.15, 0.2) is 83.9 Å². The number of nitrogens with zero attached hydrogens (tertiary/aromatic N) is 5. The summed E-state index contributed by atoms with van der Waals surface area (Å²) in [5.41, 5.74) is 2.65. The molecule has 0 amide bonds. The Morgan fingerprint density at radius 1 is 0.900 bits per heavy atom. The Morgan fingerprint density at radius 3 is 2.50 bits per heavy atom. The summed E-state index contributed by atoms with van der Waals surface area (Å²) in [6.45, 7) is 0.207. The maximum absolute atomic E-state index is 13.0. The molecule has 0 aliphatic heterocycles. The highest BCUT2D eigenvalue weighted by Crippen LogP contribution is 2.17. The van der Waals surface area contributed by atoms with Crippen molar-refractivity contribution in [3.05, 3.63) is 107 Å². The summed E-state index contributed by atoms with van der Waals surface area (Å²) in [6, 6.07) is 21.4. The Labute approximate surface area is 172 Å². The van der Waals surface area contributed by atoms with Crippen LogP contribution < -0.4 is 5.56 Å². The second-order valence-electron chi connectivity index (χ2n) is 6.96. The minimum absolute atomic E-state index is 0.151. The Kier molecular flexibility index (Phi) is 4.61. The minimum Gasteiger partial charge on any atom is -0.267 e. The van der Waals surface area contributed by atoms with E-state index in [9.17, 15) is 4.79 Å². The molecule has 0 unspecified atom stereocenters. The van der Waals surface area contributed by atoms with E-state index in [1.807, 2.05) is 54.6 Å². The number of hydrogen-bond acceptors (Lipinski definition) is 5. The first-order chi connectivity index (χ1) is 14.8. The van der Waals surface area contributed by atoms with Crippen LogP contribution in [0.2, 0.25) is 0 Å². The van der Waals surface area contributed by atoms with Crippen molar-refractivity contribution in [1.82, 2.24) is 29.9 Å². The number of nitrogens with one attached hydrogen (secondary N) is 1. The molecule has 0 saturated carbocycles. The molecule has 0 bridgehead atoms. The van der Waals surface area contributed by atoms with E-state index in [4.69, 9.17) is 0 Å². The molecule has 5 rings (SSSR count). The predicted octanol–water partition coefficient (Wildman–Crippen LogP) is 3.22. The van der Waals surface area contributed by atoms with Crippen molar-refractivity contribution >= 4 is 10.8 Å². The van der Waals surface area contributed by atoms with Gasteiger partial charge in [-0.3, -0.25) is 14.9 Å². The van der Waals surface area contributed by atoms with Gasteiger partial charge in [-0.05, 0) is 23.8 Å². The highest BCUT2D eigenvalue weighted by Gasteiger charge is 2.13. The molecular formula is C23H18N6O. The standard InChI is InChI=1S/C23H18N6O/c30-23-19-11-5-4-10-18(19)20(13-16-7-2-1-3-8-16)28-29(23)15-21-25-22(27-26-21)17-9-6-12-24-14-17/h1-12,14H,13,15H2,(H,25,26,27). The normalized spacial score (nSPS) is 11.1. The third-order valence-corrected chi connectivity index (χ3v) is 4.91. The van der Waals surface area contributed by atoms with Gasteiger partial charge in [-0.1, -0.05) is 48.5 Å². The van der Waals surface area contributed by atoms with E-state index < -0.39 is 0 Å². The van der Waals surface area contributed by atoms with Gasteiger partial charge in [-0.15, -0.1) is 0 Å². The van der Waals surface area contributed by atoms with E-state index >= 15 is 0 Å². The molecule has 3 heterocycles. The van der Waals surface area contributed by atoms with Gasteiger partial charge in [0.15, 0.2) is 5.82 Å². The number of aromatic nitrogens is 6. The quantitative estimate of drug-likeness (QED) is 0.494. The lowest BCUT2D eigenvalue weighted by Crippen LogP contribution is -2.25. The van der Waals surface area contributed by atoms with Crippen LogP contribution in [-0.4, -0.2) is 29.9 Å². The van der Waals surface area contributed by atoms with Crippen LogP contribution in [0.4, 0.5) is 0 Å². The molecule has 0 aliphatic rings. The number of hydrogen-bond donors (Lipinski definition) is 1. The summed E-state index contributed by atoms with van der Waals surface area (Å²) >= 11 is 0. The van der Waals surface area contributed by atoms with Crippen LogP contribution in [0.5, 0.6) is 0 Å². The fourth-order valence-electron chi connectivity index (χ4n) is 3.46. The largest absolute Gasteiger partial charge is 0.275 e. The average Bonchev–Trinajstić information content (AvgIpc) is 3.27. The first-order valence-electron chi connectivity index (χ1n) is 9.62. The molecule has 146 valence electrons. The van der Waals surface area contributed by atoms with E-state index in [2.05, 4.69) is 37.4 Å². The first-order valence-corrected chi connectivity index (χ1v) is 9.62. The van der Waals surface area contributed by atoms with Crippen molar-refractivity contribution in [3.63, 3.8) is 0 Å². The topological polar surface area (TPSA) is 89.3 Å². The first kappa shape index (κ1) is 17.9. The molecule has 0 atom stereocenters. The summed E-state index contributed by atoms with van der Waals surface area (Å²) in [5.74, 6) is 1.10. The maximum atomic E-state index is 13.0. The van der Waals surface area contributed by atoms with Crippen LogP contribution >= 0.6 is 0 Å². The number of pyridine rings is 1. The van der Waals surface area contributed by atoms with Crippen molar-refractivity contribution in [2.24, 2.45) is 0 Å². The SMILES string of the molecule is O=c1c2ccccc2c(Cc2ccccc2)nn1Cc1nc(-c2cccnc2)n[nH]1. The van der Waals surface area contributed by atoms with E-state index in [-0.39, 0.29) is 12.1 Å². The van der Waals surface area contributed by atoms with Gasteiger partial charge in [0, 0.05) is 29.8 Å². The molecule has 7 nitrogen and oxygen atoms in total. The van der Waals surface area contributed by atoms with Gasteiger partial charge in [0.2, 0.25) is 0 Å². The lowest BCUT2D eigenvalue weighted by molar-refractivity contribution is 0.611. The van der Waals surface area contributed by atoms with Crippen LogP contribution in [0.1, 0.15) is 17.1 Å². The Morgan fingerprint density at radius 2 is 1.70 bits per heavy atom. The van der Waals surface area contributed by atoms with Crippen molar-refractivity contribution in [3.8, 4) is 11.4 Å². The minimum atomic E-state index is -0.151. The number of rotatable bonds is 5. The molecule has 1 N–H and O–H groups in total. The number of aromatic amines is 1. The van der Waals surface area contributed by atoms with Crippen LogP contribution in [0.3, 0.4) is 0 Å². The molecule has 5 aromatic rings. The van der Waals surface area contributed by atoms with Gasteiger partial charge >= 0.3 is 0 Å². The number of H-pyrrole nitrogens is 1. The van der Waals surface area contributed by atoms with E-state index in [0.29, 0.717) is 23.5 Å². The molecule has 0 saturated heterocycles. The second kappa shape index (κ2) is 7.71. The summed E-state index contributed by atoms with van der Waals surface area (Å²) in [4.78, 5) is 21.6. The Balaban J connectivity index is 1.54. The molecule has 0 spiro atoms. The molecule has 7 heteroatoms. The van der Waals surface area contributed by atoms with Crippen molar-refractivity contribution in [2.45, 2.75) is 13.0 Å². The van der Waals surface area contributed by atoms with Gasteiger partial charge in [0.1, 0.15) is 12.4 Å². The lowest BCUT2D eigenvalue weighted by Gasteiger charge is -2.10. The second-order valence-corrected chi connectivity index (χ2v) is 6.96. The zero-order chi connectivity index (χ0) is 20.3. The van der Waals surface area contributed by atoms with Gasteiger partial charge in [0.05, 0.1) is 11.1 Å². The van der Waals surface area contributed by atoms with Gasteiger partial charge in [-0.2, -0.15) is 10.2 Å². The molecule has 0 radical (unpaired) electrons. The summed E-state index contributed by atoms with van der Waals surface area (Å²) in [7, 11) is 0. The predicted molar refractivity (Wildman–Crippen MR) is 114 cm³/mol. The molecule has 0 fully saturated rings. The highest BCUT2D eigenvalue weighted by molar-refractivity contribution is 5.83. The van der Waals surface area contributed by atoms with E-state index in [1.165, 1.54) is 4.68 Å². The molecule has 0 aliphatic carbocycles. The lowest BCUT2D eigenvalue weighted by atomic mass is 10.0. The summed E-state index contributed by atoms with van der Waals surface area (Å²) in [5, 5.41) is 13.3. The zero-order valence-corrected chi connectivity index (χ0v) is 16.1. The smallest absolute Gasteiger partial charge is 0.267 e. The van der Waals surface area contributed by atoms with E-state index in [0.717, 1.165) is 22.2 Å². The van der Waals surface area contributed by atoms with Crippen LogP contribution in [0.25, 0.3) is 22.2 Å². The summed E-state index contributed by atoms with van der Waals surface area (Å²) < 4.78 is 1.45. The monoisotopic (exact) mass is 394 g/mol. The third-order valence-electron chi connectivity index (χ3n) is 4.91. The Hall–Kier alpha value is -4.13. The molecule has 3 aromatic heterocycles. The highest BCUT2D eigenvalue weighted by atomic mass is 16.1. The molecule has 2 aromatic carbocycles. The fourth-order valence-corrected chi connectivity index (χ4v) is 3.46. The van der Waals surface area contributed by atoms with Gasteiger partial charge in [0.25, 0.3) is 5.56 Å². The van der Waals surface area contributed by atoms with Crippen LogP contribution in [-0.2, 0) is 13.0 Å². The average molecular weight is 394 g/mol.